The monoisotopic (exact) mass is 224 g/mol. The Morgan fingerprint density at radius 3 is 2.88 bits per heavy atom. The van der Waals surface area contributed by atoms with Crippen LogP contribution in [0.2, 0.25) is 0 Å². The molecule has 84 valence electrons. The molecule has 17 heavy (non-hydrogen) atoms. The molecule has 0 aliphatic heterocycles. The highest BCUT2D eigenvalue weighted by molar-refractivity contribution is 5.32. The SMILES string of the molecule is Cc1ccccc1OCc1ccnc(C#N)c1. The van der Waals surface area contributed by atoms with E-state index >= 15 is 0 Å². The third-order valence-electron chi connectivity index (χ3n) is 2.43. The Morgan fingerprint density at radius 2 is 2.12 bits per heavy atom. The Hall–Kier alpha value is -2.34. The Bertz CT molecular complexity index is 558. The molecular weight excluding hydrogens is 212 g/mol. The third-order valence-corrected chi connectivity index (χ3v) is 2.43. The molecule has 0 fully saturated rings. The fraction of sp³-hybridized carbons (Fsp3) is 0.143. The highest BCUT2D eigenvalue weighted by Gasteiger charge is 2.00. The Kier molecular flexibility index (Phi) is 3.37. The molecule has 3 heteroatoms. The smallest absolute Gasteiger partial charge is 0.140 e. The molecule has 0 atom stereocenters. The fourth-order valence-corrected chi connectivity index (χ4v) is 1.50. The Balaban J connectivity index is 2.08. The molecule has 1 aromatic heterocycles. The van der Waals surface area contributed by atoms with Crippen LogP contribution in [0.3, 0.4) is 0 Å². The van der Waals surface area contributed by atoms with Gasteiger partial charge in [0.2, 0.25) is 0 Å². The normalized spacial score (nSPS) is 9.65. The lowest BCUT2D eigenvalue weighted by atomic mass is 10.2. The first-order valence-electron chi connectivity index (χ1n) is 5.33. The van der Waals surface area contributed by atoms with Gasteiger partial charge in [-0.25, -0.2) is 4.98 Å². The average Bonchev–Trinajstić information content (AvgIpc) is 2.38. The number of rotatable bonds is 3. The maximum absolute atomic E-state index is 8.74. The number of nitriles is 1. The van der Waals surface area contributed by atoms with E-state index in [1.54, 1.807) is 12.3 Å². The highest BCUT2D eigenvalue weighted by atomic mass is 16.5. The van der Waals surface area contributed by atoms with E-state index < -0.39 is 0 Å². The Morgan fingerprint density at radius 1 is 1.29 bits per heavy atom. The summed E-state index contributed by atoms with van der Waals surface area (Å²) in [4.78, 5) is 3.91. The predicted molar refractivity (Wildman–Crippen MR) is 64.5 cm³/mol. The van der Waals surface area contributed by atoms with E-state index in [2.05, 4.69) is 4.98 Å². The highest BCUT2D eigenvalue weighted by Crippen LogP contribution is 2.17. The number of pyridine rings is 1. The van der Waals surface area contributed by atoms with Gasteiger partial charge in [0.05, 0.1) is 0 Å². The molecule has 0 unspecified atom stereocenters. The van der Waals surface area contributed by atoms with Crippen molar-refractivity contribution in [2.75, 3.05) is 0 Å². The van der Waals surface area contributed by atoms with Gasteiger partial charge in [0.15, 0.2) is 0 Å². The van der Waals surface area contributed by atoms with Crippen LogP contribution in [-0.4, -0.2) is 4.98 Å². The second-order valence-electron chi connectivity index (χ2n) is 3.72. The van der Waals surface area contributed by atoms with Crippen LogP contribution in [0.4, 0.5) is 0 Å². The van der Waals surface area contributed by atoms with Crippen molar-refractivity contribution in [1.82, 2.24) is 4.98 Å². The summed E-state index contributed by atoms with van der Waals surface area (Å²) in [5.74, 6) is 0.864. The zero-order valence-electron chi connectivity index (χ0n) is 9.55. The molecule has 0 amide bonds. The molecule has 2 rings (SSSR count). The number of aromatic nitrogens is 1. The fourth-order valence-electron chi connectivity index (χ4n) is 1.50. The topological polar surface area (TPSA) is 45.9 Å². The number of hydrogen-bond acceptors (Lipinski definition) is 3. The first-order valence-corrected chi connectivity index (χ1v) is 5.33. The number of hydrogen-bond donors (Lipinski definition) is 0. The number of nitrogens with zero attached hydrogens (tertiary/aromatic N) is 2. The van der Waals surface area contributed by atoms with Crippen LogP contribution >= 0.6 is 0 Å². The average molecular weight is 224 g/mol. The summed E-state index contributed by atoms with van der Waals surface area (Å²) in [6.45, 7) is 2.45. The molecule has 0 saturated carbocycles. The van der Waals surface area contributed by atoms with Gasteiger partial charge in [-0.1, -0.05) is 18.2 Å². The van der Waals surface area contributed by atoms with E-state index in [4.69, 9.17) is 10.00 Å². The molecule has 1 heterocycles. The van der Waals surface area contributed by atoms with E-state index in [0.717, 1.165) is 16.9 Å². The molecule has 0 saturated heterocycles. The number of ether oxygens (including phenoxy) is 1. The number of benzene rings is 1. The molecule has 0 aliphatic carbocycles. The number of para-hydroxylation sites is 1. The van der Waals surface area contributed by atoms with Crippen molar-refractivity contribution >= 4 is 0 Å². The van der Waals surface area contributed by atoms with Crippen molar-refractivity contribution in [3.63, 3.8) is 0 Å². The van der Waals surface area contributed by atoms with Gasteiger partial charge < -0.3 is 4.74 Å². The minimum atomic E-state index is 0.413. The maximum atomic E-state index is 8.74. The summed E-state index contributed by atoms with van der Waals surface area (Å²) in [6, 6.07) is 13.4. The standard InChI is InChI=1S/C14H12N2O/c1-11-4-2-3-5-14(11)17-10-12-6-7-16-13(8-12)9-15/h2-8H,10H2,1H3. The van der Waals surface area contributed by atoms with Crippen molar-refractivity contribution in [3.8, 4) is 11.8 Å². The van der Waals surface area contributed by atoms with E-state index in [0.29, 0.717) is 12.3 Å². The van der Waals surface area contributed by atoms with Crippen LogP contribution in [0, 0.1) is 18.3 Å². The van der Waals surface area contributed by atoms with Crippen LogP contribution < -0.4 is 4.74 Å². The van der Waals surface area contributed by atoms with Gasteiger partial charge in [-0.3, -0.25) is 0 Å². The zero-order chi connectivity index (χ0) is 12.1. The van der Waals surface area contributed by atoms with Crippen molar-refractivity contribution in [3.05, 3.63) is 59.4 Å². The molecule has 3 nitrogen and oxygen atoms in total. The second kappa shape index (κ2) is 5.13. The molecule has 0 N–H and O–H groups in total. The summed E-state index contributed by atoms with van der Waals surface area (Å²) in [7, 11) is 0. The lowest BCUT2D eigenvalue weighted by Crippen LogP contribution is -1.97. The molecule has 0 bridgehead atoms. The van der Waals surface area contributed by atoms with Crippen LogP contribution in [0.5, 0.6) is 5.75 Å². The van der Waals surface area contributed by atoms with E-state index in [9.17, 15) is 0 Å². The van der Waals surface area contributed by atoms with Gasteiger partial charge in [-0.15, -0.1) is 0 Å². The van der Waals surface area contributed by atoms with Crippen LogP contribution in [0.1, 0.15) is 16.8 Å². The largest absolute Gasteiger partial charge is 0.489 e. The summed E-state index contributed by atoms with van der Waals surface area (Å²) in [6.07, 6.45) is 1.62. The van der Waals surface area contributed by atoms with Gasteiger partial charge in [0.25, 0.3) is 0 Å². The molecule has 0 aliphatic rings. The first kappa shape index (κ1) is 11.2. The minimum Gasteiger partial charge on any atom is -0.489 e. The van der Waals surface area contributed by atoms with Crippen molar-refractivity contribution in [1.29, 1.82) is 5.26 Å². The predicted octanol–water partition coefficient (Wildman–Crippen LogP) is 2.84. The summed E-state index contributed by atoms with van der Waals surface area (Å²) >= 11 is 0. The lowest BCUT2D eigenvalue weighted by molar-refractivity contribution is 0.304. The van der Waals surface area contributed by atoms with E-state index in [1.807, 2.05) is 43.3 Å². The third kappa shape index (κ3) is 2.82. The molecule has 0 spiro atoms. The van der Waals surface area contributed by atoms with Crippen LogP contribution in [-0.2, 0) is 6.61 Å². The first-order chi connectivity index (χ1) is 8.29. The van der Waals surface area contributed by atoms with E-state index in [-0.39, 0.29) is 0 Å². The summed E-state index contributed by atoms with van der Waals surface area (Å²) in [5, 5.41) is 8.74. The minimum absolute atomic E-state index is 0.413. The van der Waals surface area contributed by atoms with Crippen molar-refractivity contribution < 1.29 is 4.74 Å². The Labute approximate surface area is 100 Å². The molecule has 2 aromatic rings. The quantitative estimate of drug-likeness (QED) is 0.805. The van der Waals surface area contributed by atoms with Gasteiger partial charge >= 0.3 is 0 Å². The summed E-state index contributed by atoms with van der Waals surface area (Å²) in [5.41, 5.74) is 2.46. The van der Waals surface area contributed by atoms with Gasteiger partial charge in [0, 0.05) is 6.20 Å². The molecule has 1 aromatic carbocycles. The lowest BCUT2D eigenvalue weighted by Gasteiger charge is -2.08. The van der Waals surface area contributed by atoms with Crippen LogP contribution in [0.25, 0.3) is 0 Å². The molecular formula is C14H12N2O. The van der Waals surface area contributed by atoms with Crippen LogP contribution in [0.15, 0.2) is 42.6 Å². The number of aryl methyl sites for hydroxylation is 1. The van der Waals surface area contributed by atoms with Gasteiger partial charge in [-0.05, 0) is 36.2 Å². The second-order valence-corrected chi connectivity index (χ2v) is 3.72. The zero-order valence-corrected chi connectivity index (χ0v) is 9.55. The van der Waals surface area contributed by atoms with Gasteiger partial charge in [0.1, 0.15) is 24.1 Å². The van der Waals surface area contributed by atoms with Crippen molar-refractivity contribution in [2.24, 2.45) is 0 Å². The maximum Gasteiger partial charge on any atom is 0.140 e. The molecule has 0 radical (unpaired) electrons. The van der Waals surface area contributed by atoms with Gasteiger partial charge in [-0.2, -0.15) is 5.26 Å². The summed E-state index contributed by atoms with van der Waals surface area (Å²) < 4.78 is 5.69. The van der Waals surface area contributed by atoms with E-state index in [1.165, 1.54) is 0 Å². The van der Waals surface area contributed by atoms with Crippen molar-refractivity contribution in [2.45, 2.75) is 13.5 Å².